The lowest BCUT2D eigenvalue weighted by molar-refractivity contribution is -0.153. The van der Waals surface area contributed by atoms with Gasteiger partial charge in [0.25, 0.3) is 5.91 Å². The van der Waals surface area contributed by atoms with Gasteiger partial charge >= 0.3 is 0 Å². The van der Waals surface area contributed by atoms with Crippen LogP contribution in [-0.2, 0) is 9.47 Å². The van der Waals surface area contributed by atoms with Crippen molar-refractivity contribution in [2.75, 3.05) is 19.8 Å². The van der Waals surface area contributed by atoms with Crippen molar-refractivity contribution in [1.82, 2.24) is 15.3 Å². The summed E-state index contributed by atoms with van der Waals surface area (Å²) in [7, 11) is 0. The van der Waals surface area contributed by atoms with Crippen LogP contribution in [-0.4, -0.2) is 41.4 Å². The number of aromatic amines is 1. The number of H-pyrrole nitrogens is 1. The standard InChI is InChI=1S/C16H21N3O3/c1-11(9-16(2)21-7-8-22-16)10-17-15(20)14-18-12-5-3-4-6-13(12)19-14/h3-6,11H,7-10H2,1-2H3,(H,17,20)(H,18,19). The number of amides is 1. The van der Waals surface area contributed by atoms with E-state index in [1.165, 1.54) is 0 Å². The predicted octanol–water partition coefficient (Wildman–Crippen LogP) is 2.08. The molecule has 2 aromatic rings. The molecule has 0 aliphatic carbocycles. The van der Waals surface area contributed by atoms with Gasteiger partial charge in [-0.25, -0.2) is 4.98 Å². The molecule has 1 atom stereocenters. The van der Waals surface area contributed by atoms with Gasteiger partial charge in [-0.2, -0.15) is 0 Å². The summed E-state index contributed by atoms with van der Waals surface area (Å²) in [4.78, 5) is 19.5. The Labute approximate surface area is 129 Å². The summed E-state index contributed by atoms with van der Waals surface area (Å²) in [6.45, 7) is 5.83. The third-order valence-electron chi connectivity index (χ3n) is 3.83. The van der Waals surface area contributed by atoms with Gasteiger partial charge in [0, 0.05) is 13.0 Å². The molecule has 0 spiro atoms. The molecule has 1 aliphatic rings. The highest BCUT2D eigenvalue weighted by Gasteiger charge is 2.32. The first-order chi connectivity index (χ1) is 10.6. The van der Waals surface area contributed by atoms with Crippen molar-refractivity contribution in [3.05, 3.63) is 30.1 Å². The quantitative estimate of drug-likeness (QED) is 0.886. The lowest BCUT2D eigenvalue weighted by atomic mass is 10.0. The second kappa shape index (κ2) is 6.06. The zero-order valence-corrected chi connectivity index (χ0v) is 12.9. The largest absolute Gasteiger partial charge is 0.349 e. The fraction of sp³-hybridized carbons (Fsp3) is 0.500. The zero-order valence-electron chi connectivity index (χ0n) is 12.9. The highest BCUT2D eigenvalue weighted by molar-refractivity contribution is 5.94. The highest BCUT2D eigenvalue weighted by Crippen LogP contribution is 2.26. The maximum atomic E-state index is 12.2. The maximum absolute atomic E-state index is 12.2. The SMILES string of the molecule is CC(CNC(=O)c1nc2ccccc2[nH]1)CC1(C)OCCO1. The molecule has 1 fully saturated rings. The van der Waals surface area contributed by atoms with Crippen LogP contribution in [0.5, 0.6) is 0 Å². The summed E-state index contributed by atoms with van der Waals surface area (Å²) in [5.41, 5.74) is 1.65. The van der Waals surface area contributed by atoms with Crippen LogP contribution < -0.4 is 5.32 Å². The Balaban J connectivity index is 1.55. The van der Waals surface area contributed by atoms with Crippen LogP contribution in [0.25, 0.3) is 11.0 Å². The van der Waals surface area contributed by atoms with Crippen molar-refractivity contribution in [3.8, 4) is 0 Å². The van der Waals surface area contributed by atoms with Gasteiger partial charge in [-0.1, -0.05) is 19.1 Å². The fourth-order valence-electron chi connectivity index (χ4n) is 2.79. The molecule has 1 amide bonds. The number of nitrogens with one attached hydrogen (secondary N) is 2. The summed E-state index contributed by atoms with van der Waals surface area (Å²) in [5.74, 6) is -0.130. The van der Waals surface area contributed by atoms with E-state index in [-0.39, 0.29) is 11.8 Å². The molecule has 1 aliphatic heterocycles. The van der Waals surface area contributed by atoms with Crippen molar-refractivity contribution in [1.29, 1.82) is 0 Å². The van der Waals surface area contributed by atoms with Gasteiger partial charge in [0.05, 0.1) is 24.2 Å². The van der Waals surface area contributed by atoms with Gasteiger partial charge in [0.2, 0.25) is 0 Å². The third-order valence-corrected chi connectivity index (χ3v) is 3.83. The van der Waals surface area contributed by atoms with Crippen LogP contribution in [0.1, 0.15) is 30.9 Å². The minimum Gasteiger partial charge on any atom is -0.349 e. The molecule has 1 aromatic heterocycles. The van der Waals surface area contributed by atoms with Crippen LogP contribution in [0.2, 0.25) is 0 Å². The van der Waals surface area contributed by atoms with Crippen molar-refractivity contribution < 1.29 is 14.3 Å². The minimum atomic E-state index is -0.524. The molecule has 1 aromatic carbocycles. The number of carbonyl (C=O) groups excluding carboxylic acids is 1. The normalized spacial score (nSPS) is 18.5. The molecular weight excluding hydrogens is 282 g/mol. The summed E-state index contributed by atoms with van der Waals surface area (Å²) < 4.78 is 11.2. The summed E-state index contributed by atoms with van der Waals surface area (Å²) >= 11 is 0. The van der Waals surface area contributed by atoms with E-state index < -0.39 is 5.79 Å². The number of hydrogen-bond donors (Lipinski definition) is 2. The van der Waals surface area contributed by atoms with E-state index in [1.54, 1.807) is 0 Å². The number of rotatable bonds is 5. The van der Waals surface area contributed by atoms with Gasteiger partial charge < -0.3 is 19.8 Å². The average Bonchev–Trinajstić information content (AvgIpc) is 3.10. The van der Waals surface area contributed by atoms with E-state index in [0.717, 1.165) is 17.5 Å². The first kappa shape index (κ1) is 15.0. The number of imidazole rings is 1. The van der Waals surface area contributed by atoms with Crippen LogP contribution in [0.15, 0.2) is 24.3 Å². The van der Waals surface area contributed by atoms with Crippen molar-refractivity contribution in [2.45, 2.75) is 26.1 Å². The molecule has 0 saturated carbocycles. The predicted molar refractivity (Wildman–Crippen MR) is 82.5 cm³/mol. The van der Waals surface area contributed by atoms with Crippen molar-refractivity contribution in [3.63, 3.8) is 0 Å². The first-order valence-corrected chi connectivity index (χ1v) is 7.57. The maximum Gasteiger partial charge on any atom is 0.287 e. The Morgan fingerprint density at radius 2 is 2.14 bits per heavy atom. The van der Waals surface area contributed by atoms with Gasteiger partial charge in [-0.3, -0.25) is 4.79 Å². The van der Waals surface area contributed by atoms with E-state index in [1.807, 2.05) is 31.2 Å². The third kappa shape index (κ3) is 3.28. The number of hydrogen-bond acceptors (Lipinski definition) is 4. The summed E-state index contributed by atoms with van der Waals surface area (Å²) in [6.07, 6.45) is 0.743. The monoisotopic (exact) mass is 303 g/mol. The topological polar surface area (TPSA) is 76.2 Å². The molecule has 2 N–H and O–H groups in total. The highest BCUT2D eigenvalue weighted by atomic mass is 16.7. The molecule has 0 bridgehead atoms. The zero-order chi connectivity index (χ0) is 15.6. The Morgan fingerprint density at radius 3 is 2.86 bits per heavy atom. The van der Waals surface area contributed by atoms with Gasteiger partial charge in [0.15, 0.2) is 11.6 Å². The van der Waals surface area contributed by atoms with Crippen LogP contribution >= 0.6 is 0 Å². The van der Waals surface area contributed by atoms with Crippen LogP contribution in [0, 0.1) is 5.92 Å². The smallest absolute Gasteiger partial charge is 0.287 e. The number of benzene rings is 1. The number of aromatic nitrogens is 2. The van der Waals surface area contributed by atoms with E-state index in [0.29, 0.717) is 25.6 Å². The Kier molecular flexibility index (Phi) is 4.13. The molecule has 3 rings (SSSR count). The molecular formula is C16H21N3O3. The van der Waals surface area contributed by atoms with E-state index in [9.17, 15) is 4.79 Å². The molecule has 6 nitrogen and oxygen atoms in total. The second-order valence-corrected chi connectivity index (χ2v) is 5.95. The molecule has 118 valence electrons. The molecule has 22 heavy (non-hydrogen) atoms. The lowest BCUT2D eigenvalue weighted by Crippen LogP contribution is -2.34. The summed E-state index contributed by atoms with van der Waals surface area (Å²) in [5, 5.41) is 2.91. The van der Waals surface area contributed by atoms with E-state index in [2.05, 4.69) is 22.2 Å². The molecule has 6 heteroatoms. The first-order valence-electron chi connectivity index (χ1n) is 7.57. The Hall–Kier alpha value is -1.92. The van der Waals surface area contributed by atoms with Crippen LogP contribution in [0.4, 0.5) is 0 Å². The van der Waals surface area contributed by atoms with E-state index >= 15 is 0 Å². The number of nitrogens with zero attached hydrogens (tertiary/aromatic N) is 1. The minimum absolute atomic E-state index is 0.193. The Morgan fingerprint density at radius 1 is 1.41 bits per heavy atom. The van der Waals surface area contributed by atoms with Crippen LogP contribution in [0.3, 0.4) is 0 Å². The molecule has 1 saturated heterocycles. The number of para-hydroxylation sites is 2. The van der Waals surface area contributed by atoms with Crippen molar-refractivity contribution >= 4 is 16.9 Å². The number of ether oxygens (including phenoxy) is 2. The molecule has 0 radical (unpaired) electrons. The second-order valence-electron chi connectivity index (χ2n) is 5.95. The van der Waals surface area contributed by atoms with Crippen molar-refractivity contribution in [2.24, 2.45) is 5.92 Å². The number of carbonyl (C=O) groups is 1. The number of fused-ring (bicyclic) bond motifs is 1. The molecule has 1 unspecified atom stereocenters. The van der Waals surface area contributed by atoms with E-state index in [4.69, 9.17) is 9.47 Å². The lowest BCUT2D eigenvalue weighted by Gasteiger charge is -2.25. The molecule has 2 heterocycles. The average molecular weight is 303 g/mol. The summed E-state index contributed by atoms with van der Waals surface area (Å²) in [6, 6.07) is 7.58. The fourth-order valence-corrected chi connectivity index (χ4v) is 2.79. The Bertz CT molecular complexity index is 628. The van der Waals surface area contributed by atoms with Gasteiger partial charge in [-0.05, 0) is 25.0 Å². The van der Waals surface area contributed by atoms with Gasteiger partial charge in [-0.15, -0.1) is 0 Å². The van der Waals surface area contributed by atoms with Gasteiger partial charge in [0.1, 0.15) is 0 Å².